The second kappa shape index (κ2) is 5.03. The molecule has 3 nitrogen and oxygen atoms in total. The fourth-order valence-electron chi connectivity index (χ4n) is 1.25. The highest BCUT2D eigenvalue weighted by Crippen LogP contribution is 2.22. The third-order valence-corrected chi connectivity index (χ3v) is 2.31. The molecule has 1 unspecified atom stereocenters. The van der Waals surface area contributed by atoms with Gasteiger partial charge >= 0.3 is 0 Å². The Hall–Kier alpha value is -1.49. The van der Waals surface area contributed by atoms with Crippen molar-refractivity contribution in [2.45, 2.75) is 6.92 Å². The first kappa shape index (κ1) is 12.6. The number of carbonyl (C=O) groups excluding carboxylic acids is 1. The van der Waals surface area contributed by atoms with E-state index in [1.165, 1.54) is 7.11 Å². The average molecular weight is 229 g/mol. The van der Waals surface area contributed by atoms with E-state index in [0.717, 1.165) is 12.1 Å². The first-order chi connectivity index (χ1) is 7.51. The van der Waals surface area contributed by atoms with Gasteiger partial charge in [-0.2, -0.15) is 0 Å². The van der Waals surface area contributed by atoms with Crippen LogP contribution >= 0.6 is 0 Å². The number of ketones is 1. The van der Waals surface area contributed by atoms with Gasteiger partial charge in [0.25, 0.3) is 0 Å². The lowest BCUT2D eigenvalue weighted by Gasteiger charge is -2.10. The highest BCUT2D eigenvalue weighted by Gasteiger charge is 2.20. The summed E-state index contributed by atoms with van der Waals surface area (Å²) in [6.45, 7) is 1.65. The third-order valence-electron chi connectivity index (χ3n) is 2.31. The molecular formula is C11H13F2NO2. The number of nitrogens with two attached hydrogens (primary N) is 1. The molecule has 1 aromatic rings. The van der Waals surface area contributed by atoms with Gasteiger partial charge in [-0.3, -0.25) is 4.79 Å². The summed E-state index contributed by atoms with van der Waals surface area (Å²) in [6, 6.07) is 1.69. The molecule has 1 aromatic carbocycles. The lowest BCUT2D eigenvalue weighted by molar-refractivity contribution is 0.0929. The number of carbonyl (C=O) groups is 1. The maximum Gasteiger partial charge on any atom is 0.169 e. The normalized spacial score (nSPS) is 12.3. The maximum absolute atomic E-state index is 13.5. The Morgan fingerprint density at radius 3 is 2.56 bits per heavy atom. The fourth-order valence-corrected chi connectivity index (χ4v) is 1.25. The summed E-state index contributed by atoms with van der Waals surface area (Å²) in [5, 5.41) is 0. The smallest absolute Gasteiger partial charge is 0.169 e. The topological polar surface area (TPSA) is 52.3 Å². The lowest BCUT2D eigenvalue weighted by atomic mass is 9.99. The van der Waals surface area contributed by atoms with Gasteiger partial charge in [0, 0.05) is 18.5 Å². The van der Waals surface area contributed by atoms with Crippen molar-refractivity contribution in [3.8, 4) is 5.75 Å². The first-order valence-corrected chi connectivity index (χ1v) is 4.78. The molecule has 0 heterocycles. The van der Waals surface area contributed by atoms with E-state index in [1.807, 2.05) is 0 Å². The van der Waals surface area contributed by atoms with E-state index in [0.29, 0.717) is 0 Å². The van der Waals surface area contributed by atoms with Gasteiger partial charge < -0.3 is 10.5 Å². The van der Waals surface area contributed by atoms with Gasteiger partial charge in [-0.05, 0) is 6.07 Å². The summed E-state index contributed by atoms with van der Waals surface area (Å²) in [7, 11) is 1.22. The number of hydrogen-bond donors (Lipinski definition) is 1. The van der Waals surface area contributed by atoms with Crippen LogP contribution in [0.1, 0.15) is 17.3 Å². The SMILES string of the molecule is COc1cc(F)c(C(=O)C(C)CN)cc1F. The van der Waals surface area contributed by atoms with Gasteiger partial charge in [-0.1, -0.05) is 6.92 Å². The Morgan fingerprint density at radius 1 is 1.44 bits per heavy atom. The number of halogens is 2. The van der Waals surface area contributed by atoms with Gasteiger partial charge in [0.05, 0.1) is 12.7 Å². The zero-order valence-corrected chi connectivity index (χ0v) is 9.09. The van der Waals surface area contributed by atoms with Crippen molar-refractivity contribution in [3.05, 3.63) is 29.3 Å². The molecule has 0 saturated heterocycles. The molecule has 0 spiro atoms. The van der Waals surface area contributed by atoms with Gasteiger partial charge in [-0.25, -0.2) is 8.78 Å². The van der Waals surface area contributed by atoms with Crippen molar-refractivity contribution in [1.29, 1.82) is 0 Å². The van der Waals surface area contributed by atoms with Crippen LogP contribution in [0.2, 0.25) is 0 Å². The molecule has 0 aliphatic rings. The average Bonchev–Trinajstić information content (AvgIpc) is 2.29. The molecule has 0 aromatic heterocycles. The number of Topliss-reactive ketones (excluding diaryl/α,β-unsaturated/α-hetero) is 1. The predicted octanol–water partition coefficient (Wildman–Crippen LogP) is 1.75. The third kappa shape index (κ3) is 2.36. The lowest BCUT2D eigenvalue weighted by Crippen LogP contribution is -2.21. The Morgan fingerprint density at radius 2 is 2.06 bits per heavy atom. The summed E-state index contributed by atoms with van der Waals surface area (Å²) in [4.78, 5) is 11.6. The van der Waals surface area contributed by atoms with E-state index in [1.54, 1.807) is 6.92 Å². The van der Waals surface area contributed by atoms with Gasteiger partial charge in [0.15, 0.2) is 17.3 Å². The zero-order chi connectivity index (χ0) is 12.3. The Bertz CT molecular complexity index is 407. The number of benzene rings is 1. The van der Waals surface area contributed by atoms with E-state index < -0.39 is 23.3 Å². The summed E-state index contributed by atoms with van der Waals surface area (Å²) in [5.41, 5.74) is 5.00. The molecular weight excluding hydrogens is 216 g/mol. The van der Waals surface area contributed by atoms with Crippen molar-refractivity contribution in [2.24, 2.45) is 11.7 Å². The summed E-state index contributed by atoms with van der Waals surface area (Å²) < 4.78 is 31.3. The summed E-state index contributed by atoms with van der Waals surface area (Å²) in [6.07, 6.45) is 0. The van der Waals surface area contributed by atoms with Crippen molar-refractivity contribution >= 4 is 5.78 Å². The number of methoxy groups -OCH3 is 1. The minimum Gasteiger partial charge on any atom is -0.494 e. The molecule has 16 heavy (non-hydrogen) atoms. The van der Waals surface area contributed by atoms with E-state index >= 15 is 0 Å². The highest BCUT2D eigenvalue weighted by molar-refractivity contribution is 5.98. The molecule has 1 atom stereocenters. The Kier molecular flexibility index (Phi) is 3.95. The Balaban J connectivity index is 3.16. The van der Waals surface area contributed by atoms with Crippen LogP contribution in [0.4, 0.5) is 8.78 Å². The van der Waals surface area contributed by atoms with E-state index in [4.69, 9.17) is 5.73 Å². The van der Waals surface area contributed by atoms with E-state index in [-0.39, 0.29) is 17.9 Å². The van der Waals surface area contributed by atoms with Crippen LogP contribution in [0.25, 0.3) is 0 Å². The standard InChI is InChI=1S/C11H13F2NO2/c1-6(5-14)11(15)7-3-9(13)10(16-2)4-8(7)12/h3-4,6H,5,14H2,1-2H3. The molecule has 1 rings (SSSR count). The molecule has 0 aliphatic heterocycles. The van der Waals surface area contributed by atoms with Crippen molar-refractivity contribution in [2.75, 3.05) is 13.7 Å². The summed E-state index contributed by atoms with van der Waals surface area (Å²) in [5.74, 6) is -2.85. The van der Waals surface area contributed by atoms with E-state index in [9.17, 15) is 13.6 Å². The van der Waals surface area contributed by atoms with Crippen LogP contribution in [0.15, 0.2) is 12.1 Å². The second-order valence-corrected chi connectivity index (χ2v) is 3.47. The van der Waals surface area contributed by atoms with Crippen molar-refractivity contribution < 1.29 is 18.3 Å². The van der Waals surface area contributed by atoms with Crippen LogP contribution in [-0.2, 0) is 0 Å². The van der Waals surface area contributed by atoms with Gasteiger partial charge in [0.2, 0.25) is 0 Å². The molecule has 2 N–H and O–H groups in total. The summed E-state index contributed by atoms with van der Waals surface area (Å²) >= 11 is 0. The van der Waals surface area contributed by atoms with Crippen LogP contribution in [0, 0.1) is 17.6 Å². The monoisotopic (exact) mass is 229 g/mol. The van der Waals surface area contributed by atoms with Crippen LogP contribution in [-0.4, -0.2) is 19.4 Å². The van der Waals surface area contributed by atoms with Gasteiger partial charge in [0.1, 0.15) is 5.82 Å². The molecule has 0 fully saturated rings. The van der Waals surface area contributed by atoms with Crippen molar-refractivity contribution in [1.82, 2.24) is 0 Å². The molecule has 0 bridgehead atoms. The number of ether oxygens (including phenoxy) is 1. The second-order valence-electron chi connectivity index (χ2n) is 3.47. The minimum absolute atomic E-state index is 0.0892. The molecule has 0 radical (unpaired) electrons. The molecule has 0 saturated carbocycles. The number of hydrogen-bond acceptors (Lipinski definition) is 3. The minimum atomic E-state index is -0.802. The fraction of sp³-hybridized carbons (Fsp3) is 0.364. The predicted molar refractivity (Wildman–Crippen MR) is 55.5 cm³/mol. The van der Waals surface area contributed by atoms with Crippen LogP contribution < -0.4 is 10.5 Å². The van der Waals surface area contributed by atoms with Crippen LogP contribution in [0.5, 0.6) is 5.75 Å². The molecule has 5 heteroatoms. The maximum atomic E-state index is 13.5. The van der Waals surface area contributed by atoms with Crippen molar-refractivity contribution in [3.63, 3.8) is 0 Å². The molecule has 88 valence electrons. The molecule has 0 aliphatic carbocycles. The Labute approximate surface area is 92.2 Å². The first-order valence-electron chi connectivity index (χ1n) is 4.78. The largest absolute Gasteiger partial charge is 0.494 e. The molecule has 0 amide bonds. The quantitative estimate of drug-likeness (QED) is 0.800. The van der Waals surface area contributed by atoms with Gasteiger partial charge in [-0.15, -0.1) is 0 Å². The zero-order valence-electron chi connectivity index (χ0n) is 9.09. The van der Waals surface area contributed by atoms with E-state index in [2.05, 4.69) is 4.74 Å². The van der Waals surface area contributed by atoms with Crippen LogP contribution in [0.3, 0.4) is 0 Å². The highest BCUT2D eigenvalue weighted by atomic mass is 19.1. The number of rotatable bonds is 4.